The van der Waals surface area contributed by atoms with Crippen molar-refractivity contribution in [2.75, 3.05) is 26.7 Å². The summed E-state index contributed by atoms with van der Waals surface area (Å²) in [7, 11) is 1.93. The minimum atomic E-state index is 0.0881. The zero-order valence-electron chi connectivity index (χ0n) is 15.6. The maximum Gasteiger partial charge on any atom is 0.227 e. The number of benzene rings is 2. The van der Waals surface area contributed by atoms with Gasteiger partial charge in [0, 0.05) is 20.1 Å². The minimum absolute atomic E-state index is 0.0881. The van der Waals surface area contributed by atoms with Gasteiger partial charge in [-0.2, -0.15) is 0 Å². The van der Waals surface area contributed by atoms with Crippen molar-refractivity contribution in [2.45, 2.75) is 31.8 Å². The maximum atomic E-state index is 12.9. The minimum Gasteiger partial charge on any atom is -0.337 e. The second-order valence-electron chi connectivity index (χ2n) is 7.14. The molecule has 2 aromatic carbocycles. The number of hydrogen-bond acceptors (Lipinski definition) is 3. The summed E-state index contributed by atoms with van der Waals surface area (Å²) in [6, 6.07) is 18.5. The standard InChI is InChI=1S/C22H29N3O/c1-24(22(26)15-18-9-11-19(16-23)12-10-18)21(17-25-13-5-6-14-25)20-7-3-2-4-8-20/h2-4,7-12,21H,5-6,13-17,23H2,1H3. The molecule has 1 heterocycles. The molecule has 2 aromatic rings. The van der Waals surface area contributed by atoms with Crippen LogP contribution in [0.2, 0.25) is 0 Å². The fourth-order valence-electron chi connectivity index (χ4n) is 3.60. The molecule has 3 rings (SSSR count). The lowest BCUT2D eigenvalue weighted by molar-refractivity contribution is -0.131. The van der Waals surface area contributed by atoms with Gasteiger partial charge < -0.3 is 15.5 Å². The molecular formula is C22H29N3O. The lowest BCUT2D eigenvalue weighted by Crippen LogP contribution is -2.39. The first-order valence-corrected chi connectivity index (χ1v) is 9.48. The first-order valence-electron chi connectivity index (χ1n) is 9.48. The summed E-state index contributed by atoms with van der Waals surface area (Å²) in [4.78, 5) is 17.3. The van der Waals surface area contributed by atoms with Gasteiger partial charge in [-0.3, -0.25) is 4.79 Å². The highest BCUT2D eigenvalue weighted by atomic mass is 16.2. The van der Waals surface area contributed by atoms with E-state index in [9.17, 15) is 4.79 Å². The number of nitrogens with two attached hydrogens (primary N) is 1. The van der Waals surface area contributed by atoms with E-state index in [1.165, 1.54) is 18.4 Å². The third kappa shape index (κ3) is 4.71. The molecule has 0 aromatic heterocycles. The van der Waals surface area contributed by atoms with E-state index in [2.05, 4.69) is 29.2 Å². The lowest BCUT2D eigenvalue weighted by atomic mass is 10.0. The van der Waals surface area contributed by atoms with E-state index in [0.29, 0.717) is 13.0 Å². The maximum absolute atomic E-state index is 12.9. The zero-order chi connectivity index (χ0) is 18.4. The predicted molar refractivity (Wildman–Crippen MR) is 106 cm³/mol. The molecule has 4 heteroatoms. The fourth-order valence-corrected chi connectivity index (χ4v) is 3.60. The molecule has 1 atom stereocenters. The summed E-state index contributed by atoms with van der Waals surface area (Å²) < 4.78 is 0. The second kappa shape index (κ2) is 8.97. The van der Waals surface area contributed by atoms with E-state index in [1.807, 2.05) is 42.3 Å². The first-order chi connectivity index (χ1) is 12.7. The van der Waals surface area contributed by atoms with Crippen molar-refractivity contribution >= 4 is 5.91 Å². The third-order valence-corrected chi connectivity index (χ3v) is 5.29. The van der Waals surface area contributed by atoms with Crippen molar-refractivity contribution < 1.29 is 4.79 Å². The molecule has 1 aliphatic heterocycles. The quantitative estimate of drug-likeness (QED) is 0.834. The van der Waals surface area contributed by atoms with Crippen molar-refractivity contribution in [3.05, 3.63) is 71.3 Å². The first kappa shape index (κ1) is 18.6. The second-order valence-corrected chi connectivity index (χ2v) is 7.14. The Bertz CT molecular complexity index is 693. The van der Waals surface area contributed by atoms with Crippen LogP contribution in [0.4, 0.5) is 0 Å². The number of carbonyl (C=O) groups excluding carboxylic acids is 1. The van der Waals surface area contributed by atoms with Crippen LogP contribution in [0.5, 0.6) is 0 Å². The van der Waals surface area contributed by atoms with Crippen molar-refractivity contribution in [2.24, 2.45) is 5.73 Å². The van der Waals surface area contributed by atoms with E-state index >= 15 is 0 Å². The van der Waals surface area contributed by atoms with E-state index in [0.717, 1.165) is 30.8 Å². The number of rotatable bonds is 7. The van der Waals surface area contributed by atoms with Crippen molar-refractivity contribution in [1.82, 2.24) is 9.80 Å². The molecule has 0 radical (unpaired) electrons. The molecule has 2 N–H and O–H groups in total. The van der Waals surface area contributed by atoms with Crippen molar-refractivity contribution in [3.8, 4) is 0 Å². The molecule has 138 valence electrons. The Morgan fingerprint density at radius 3 is 2.27 bits per heavy atom. The summed E-state index contributed by atoms with van der Waals surface area (Å²) in [5.41, 5.74) is 8.98. The van der Waals surface area contributed by atoms with Gasteiger partial charge in [0.2, 0.25) is 5.91 Å². The van der Waals surface area contributed by atoms with Crippen LogP contribution in [0.1, 0.15) is 35.6 Å². The number of hydrogen-bond donors (Lipinski definition) is 1. The van der Waals surface area contributed by atoms with Gasteiger partial charge in [0.25, 0.3) is 0 Å². The Labute approximate surface area is 156 Å². The highest BCUT2D eigenvalue weighted by Crippen LogP contribution is 2.23. The monoisotopic (exact) mass is 351 g/mol. The summed E-state index contributed by atoms with van der Waals surface area (Å²) in [5.74, 6) is 0.151. The zero-order valence-corrected chi connectivity index (χ0v) is 15.6. The highest BCUT2D eigenvalue weighted by molar-refractivity contribution is 5.79. The Morgan fingerprint density at radius 2 is 1.65 bits per heavy atom. The largest absolute Gasteiger partial charge is 0.337 e. The number of likely N-dealkylation sites (tertiary alicyclic amines) is 1. The summed E-state index contributed by atoms with van der Waals surface area (Å²) >= 11 is 0. The number of nitrogens with zero attached hydrogens (tertiary/aromatic N) is 2. The van der Waals surface area contributed by atoms with Gasteiger partial charge in [-0.05, 0) is 42.6 Å². The third-order valence-electron chi connectivity index (χ3n) is 5.29. The molecular weight excluding hydrogens is 322 g/mol. The van der Waals surface area contributed by atoms with Crippen LogP contribution in [0.25, 0.3) is 0 Å². The molecule has 0 spiro atoms. The number of carbonyl (C=O) groups is 1. The van der Waals surface area contributed by atoms with Gasteiger partial charge in [0.15, 0.2) is 0 Å². The van der Waals surface area contributed by atoms with Crippen LogP contribution in [0.3, 0.4) is 0 Å². The van der Waals surface area contributed by atoms with Gasteiger partial charge in [-0.15, -0.1) is 0 Å². The van der Waals surface area contributed by atoms with Crippen LogP contribution in [0.15, 0.2) is 54.6 Å². The fraction of sp³-hybridized carbons (Fsp3) is 0.409. The van der Waals surface area contributed by atoms with Gasteiger partial charge in [-0.25, -0.2) is 0 Å². The Morgan fingerprint density at radius 1 is 1.04 bits per heavy atom. The SMILES string of the molecule is CN(C(=O)Cc1ccc(CN)cc1)C(CN1CCCC1)c1ccccc1. The Hall–Kier alpha value is -2.17. The van der Waals surface area contributed by atoms with Gasteiger partial charge in [0.05, 0.1) is 12.5 Å². The molecule has 0 aliphatic carbocycles. The average molecular weight is 351 g/mol. The molecule has 0 saturated carbocycles. The van der Waals surface area contributed by atoms with E-state index in [4.69, 9.17) is 5.73 Å². The Kier molecular flexibility index (Phi) is 6.42. The van der Waals surface area contributed by atoms with Crippen molar-refractivity contribution in [1.29, 1.82) is 0 Å². The van der Waals surface area contributed by atoms with Gasteiger partial charge in [-0.1, -0.05) is 54.6 Å². The normalized spacial score (nSPS) is 15.8. The molecule has 0 bridgehead atoms. The van der Waals surface area contributed by atoms with Crippen LogP contribution in [-0.4, -0.2) is 42.4 Å². The molecule has 1 unspecified atom stereocenters. The molecule has 26 heavy (non-hydrogen) atoms. The topological polar surface area (TPSA) is 49.6 Å². The van der Waals surface area contributed by atoms with Crippen LogP contribution in [0, 0.1) is 0 Å². The van der Waals surface area contributed by atoms with Crippen LogP contribution >= 0.6 is 0 Å². The van der Waals surface area contributed by atoms with Gasteiger partial charge >= 0.3 is 0 Å². The van der Waals surface area contributed by atoms with E-state index in [-0.39, 0.29) is 11.9 Å². The van der Waals surface area contributed by atoms with Gasteiger partial charge in [0.1, 0.15) is 0 Å². The van der Waals surface area contributed by atoms with Crippen molar-refractivity contribution in [3.63, 3.8) is 0 Å². The van der Waals surface area contributed by atoms with E-state index in [1.54, 1.807) is 0 Å². The molecule has 1 saturated heterocycles. The molecule has 1 fully saturated rings. The smallest absolute Gasteiger partial charge is 0.227 e. The molecule has 1 aliphatic rings. The molecule has 1 amide bonds. The predicted octanol–water partition coefficient (Wildman–Crippen LogP) is 2.98. The van der Waals surface area contributed by atoms with E-state index < -0.39 is 0 Å². The highest BCUT2D eigenvalue weighted by Gasteiger charge is 2.25. The average Bonchev–Trinajstić information content (AvgIpc) is 3.20. The summed E-state index contributed by atoms with van der Waals surface area (Å²) in [5, 5.41) is 0. The Balaban J connectivity index is 1.72. The number of likely N-dealkylation sites (N-methyl/N-ethyl adjacent to an activating group) is 1. The summed E-state index contributed by atoms with van der Waals surface area (Å²) in [6.07, 6.45) is 2.93. The number of amides is 1. The van der Waals surface area contributed by atoms with Crippen LogP contribution in [-0.2, 0) is 17.8 Å². The molecule has 4 nitrogen and oxygen atoms in total. The summed E-state index contributed by atoms with van der Waals surface area (Å²) in [6.45, 7) is 3.69. The lowest BCUT2D eigenvalue weighted by Gasteiger charge is -2.32. The van der Waals surface area contributed by atoms with Crippen LogP contribution < -0.4 is 5.73 Å².